The molecule has 0 spiro atoms. The molecule has 0 amide bonds. The van der Waals surface area contributed by atoms with Crippen molar-refractivity contribution in [2.24, 2.45) is 0 Å². The summed E-state index contributed by atoms with van der Waals surface area (Å²) in [6.07, 6.45) is 6.21. The van der Waals surface area contributed by atoms with E-state index >= 15 is 0 Å². The van der Waals surface area contributed by atoms with Gasteiger partial charge in [0.2, 0.25) is 0 Å². The third-order valence-corrected chi connectivity index (χ3v) is 17.5. The standard InChI is InChI=1S/C64H66O4P2/c1-5-35-65-61-47-23-21-25-49(61)40-51-43-59(69(55-27-13-9-14-28-55)56-29-15-10-16-30-56)45-53(63(51)67-37-7-3)42-54-46-60(70(57-31-17-11-18-32-57)58-33-19-12-20-34-58)44-52(64(54)68-38-8-4)41-50-26-22-24-48(39-47)62(50)66-36-6-2/h9-34,43-46H,5-8,35-42H2,1-4H3. The van der Waals surface area contributed by atoms with Crippen LogP contribution < -0.4 is 50.8 Å². The van der Waals surface area contributed by atoms with Crippen molar-refractivity contribution < 1.29 is 18.9 Å². The Labute approximate surface area is 419 Å². The van der Waals surface area contributed by atoms with E-state index in [0.29, 0.717) is 52.1 Å². The average molecular weight is 961 g/mol. The summed E-state index contributed by atoms with van der Waals surface area (Å²) in [5.74, 6) is 3.85. The third kappa shape index (κ3) is 11.4. The second-order valence-corrected chi connectivity index (χ2v) is 22.6. The van der Waals surface area contributed by atoms with Crippen LogP contribution in [0.5, 0.6) is 23.0 Å². The molecule has 8 aromatic rings. The molecule has 0 radical (unpaired) electrons. The van der Waals surface area contributed by atoms with Crippen molar-refractivity contribution in [2.45, 2.75) is 79.1 Å². The number of para-hydroxylation sites is 2. The minimum absolute atomic E-state index is 0.609. The van der Waals surface area contributed by atoms with Crippen LogP contribution in [-0.4, -0.2) is 26.4 Å². The van der Waals surface area contributed by atoms with Crippen molar-refractivity contribution in [3.8, 4) is 23.0 Å². The van der Waals surface area contributed by atoms with Gasteiger partial charge in [-0.25, -0.2) is 0 Å². The lowest BCUT2D eigenvalue weighted by atomic mass is 9.91. The summed E-state index contributed by atoms with van der Waals surface area (Å²) in [6.45, 7) is 11.3. The van der Waals surface area contributed by atoms with Gasteiger partial charge in [-0.15, -0.1) is 0 Å². The van der Waals surface area contributed by atoms with E-state index < -0.39 is 15.8 Å². The highest BCUT2D eigenvalue weighted by Gasteiger charge is 2.27. The largest absolute Gasteiger partial charge is 0.493 e. The molecule has 0 aliphatic heterocycles. The second kappa shape index (κ2) is 24.1. The molecule has 0 unspecified atom stereocenters. The molecule has 0 heterocycles. The highest BCUT2D eigenvalue weighted by Crippen LogP contribution is 2.43. The Balaban J connectivity index is 1.37. The van der Waals surface area contributed by atoms with Crippen molar-refractivity contribution >= 4 is 47.7 Å². The number of ether oxygens (including phenoxy) is 4. The molecule has 4 nitrogen and oxygen atoms in total. The number of fused-ring (bicyclic) bond motifs is 8. The minimum atomic E-state index is -0.943. The maximum Gasteiger partial charge on any atom is 0.126 e. The van der Waals surface area contributed by atoms with Crippen molar-refractivity contribution in [3.63, 3.8) is 0 Å². The highest BCUT2D eigenvalue weighted by molar-refractivity contribution is 7.80. The first-order valence-corrected chi connectivity index (χ1v) is 28.1. The van der Waals surface area contributed by atoms with E-state index in [-0.39, 0.29) is 0 Å². The molecule has 0 N–H and O–H groups in total. The Morgan fingerprint density at radius 3 is 0.757 bits per heavy atom. The molecule has 356 valence electrons. The Morgan fingerprint density at radius 1 is 0.271 bits per heavy atom. The lowest BCUT2D eigenvalue weighted by Crippen LogP contribution is -2.23. The smallest absolute Gasteiger partial charge is 0.126 e. The van der Waals surface area contributed by atoms with E-state index in [1.165, 1.54) is 54.1 Å². The lowest BCUT2D eigenvalue weighted by Gasteiger charge is -2.27. The van der Waals surface area contributed by atoms with Gasteiger partial charge in [0, 0.05) is 25.7 Å². The number of rotatable bonds is 18. The monoisotopic (exact) mass is 960 g/mol. The van der Waals surface area contributed by atoms with Crippen molar-refractivity contribution in [1.29, 1.82) is 0 Å². The molecule has 1 aliphatic rings. The van der Waals surface area contributed by atoms with Crippen molar-refractivity contribution in [1.82, 2.24) is 0 Å². The Morgan fingerprint density at radius 2 is 0.500 bits per heavy atom. The Hall–Kier alpha value is -6.18. The zero-order valence-corrected chi connectivity index (χ0v) is 43.1. The minimum Gasteiger partial charge on any atom is -0.493 e. The Kier molecular flexibility index (Phi) is 16.8. The molecule has 0 fully saturated rings. The summed E-state index contributed by atoms with van der Waals surface area (Å²) in [4.78, 5) is 0. The topological polar surface area (TPSA) is 36.9 Å². The molecular formula is C64H66O4P2. The van der Waals surface area contributed by atoms with Crippen LogP contribution >= 0.6 is 15.8 Å². The first kappa shape index (κ1) is 48.8. The summed E-state index contributed by atoms with van der Waals surface area (Å²) in [5.41, 5.74) is 9.31. The maximum absolute atomic E-state index is 7.11. The summed E-state index contributed by atoms with van der Waals surface area (Å²) in [7, 11) is -1.89. The van der Waals surface area contributed by atoms with Gasteiger partial charge in [0.15, 0.2) is 0 Å². The van der Waals surface area contributed by atoms with Crippen LogP contribution in [0.1, 0.15) is 97.9 Å². The molecule has 1 aliphatic carbocycles. The van der Waals surface area contributed by atoms with Crippen molar-refractivity contribution in [3.05, 3.63) is 226 Å². The first-order valence-electron chi connectivity index (χ1n) is 25.4. The average Bonchev–Trinajstić information content (AvgIpc) is 3.39. The zero-order chi connectivity index (χ0) is 48.1. The second-order valence-electron chi connectivity index (χ2n) is 18.1. The van der Waals surface area contributed by atoms with Gasteiger partial charge in [0.1, 0.15) is 23.0 Å². The number of benzene rings is 8. The lowest BCUT2D eigenvalue weighted by molar-refractivity contribution is 0.305. The van der Waals surface area contributed by atoms with Gasteiger partial charge in [0.25, 0.3) is 0 Å². The van der Waals surface area contributed by atoms with Gasteiger partial charge < -0.3 is 18.9 Å². The van der Waals surface area contributed by atoms with E-state index in [4.69, 9.17) is 18.9 Å². The molecule has 8 bridgehead atoms. The van der Waals surface area contributed by atoms with E-state index in [1.807, 2.05) is 0 Å². The van der Waals surface area contributed by atoms with Crippen LogP contribution in [0.15, 0.2) is 182 Å². The SMILES string of the molecule is CCCOc1c2cccc1Cc1cc(P(c3ccccc3)c3ccccc3)cc(c1OCCC)Cc1cc(P(c3ccccc3)c3ccccc3)cc(c1OCCC)Cc1cccc(c1OCCC)C2. The van der Waals surface area contributed by atoms with E-state index in [2.05, 4.69) is 210 Å². The van der Waals surface area contributed by atoms with Crippen LogP contribution in [0.4, 0.5) is 0 Å². The molecule has 0 atom stereocenters. The van der Waals surface area contributed by atoms with Crippen LogP contribution in [0.25, 0.3) is 0 Å². The van der Waals surface area contributed by atoms with Crippen molar-refractivity contribution in [2.75, 3.05) is 26.4 Å². The summed E-state index contributed by atoms with van der Waals surface area (Å²) >= 11 is 0. The fourth-order valence-corrected chi connectivity index (χ4v) is 14.5. The van der Waals surface area contributed by atoms with Gasteiger partial charge in [-0.2, -0.15) is 0 Å². The molecule has 6 heteroatoms. The fraction of sp³-hybridized carbons (Fsp3) is 0.250. The fourth-order valence-electron chi connectivity index (χ4n) is 9.67. The van der Waals surface area contributed by atoms with Crippen LogP contribution in [0.2, 0.25) is 0 Å². The molecule has 0 aromatic heterocycles. The maximum atomic E-state index is 7.11. The van der Waals surface area contributed by atoms with E-state index in [9.17, 15) is 0 Å². The summed E-state index contributed by atoms with van der Waals surface area (Å²) < 4.78 is 28.0. The molecule has 0 saturated heterocycles. The molecule has 0 saturated carbocycles. The van der Waals surface area contributed by atoms with Gasteiger partial charge in [-0.05, 0) is 142 Å². The summed E-state index contributed by atoms with van der Waals surface area (Å²) in [6, 6.07) is 67.6. The molecule has 70 heavy (non-hydrogen) atoms. The van der Waals surface area contributed by atoms with Gasteiger partial charge in [-0.1, -0.05) is 185 Å². The van der Waals surface area contributed by atoms with E-state index in [0.717, 1.165) is 70.9 Å². The van der Waals surface area contributed by atoms with Crippen LogP contribution in [-0.2, 0) is 25.7 Å². The third-order valence-electron chi connectivity index (χ3n) is 12.7. The Bertz CT molecular complexity index is 2660. The first-order chi connectivity index (χ1) is 34.6. The van der Waals surface area contributed by atoms with Gasteiger partial charge in [-0.3, -0.25) is 0 Å². The molecule has 8 aromatic carbocycles. The predicted molar refractivity (Wildman–Crippen MR) is 298 cm³/mol. The van der Waals surface area contributed by atoms with Crippen LogP contribution in [0.3, 0.4) is 0 Å². The molecule has 9 rings (SSSR count). The summed E-state index contributed by atoms with van der Waals surface area (Å²) in [5, 5.41) is 7.85. The quantitative estimate of drug-likeness (QED) is 0.0803. The van der Waals surface area contributed by atoms with Gasteiger partial charge in [0.05, 0.1) is 26.4 Å². The molecular weight excluding hydrogens is 895 g/mol. The van der Waals surface area contributed by atoms with E-state index in [1.54, 1.807) is 0 Å². The van der Waals surface area contributed by atoms with Gasteiger partial charge >= 0.3 is 0 Å². The predicted octanol–water partition coefficient (Wildman–Crippen LogP) is 13.0. The zero-order valence-electron chi connectivity index (χ0n) is 41.3. The normalized spacial score (nSPS) is 12.2. The van der Waals surface area contributed by atoms with Crippen LogP contribution in [0, 0.1) is 0 Å². The number of hydrogen-bond acceptors (Lipinski definition) is 4. The highest BCUT2D eigenvalue weighted by atomic mass is 31.1. The number of hydrogen-bond donors (Lipinski definition) is 0.